The number of aromatic nitrogens is 4. The van der Waals surface area contributed by atoms with E-state index in [1.165, 1.54) is 11.6 Å². The van der Waals surface area contributed by atoms with Crippen molar-refractivity contribution < 1.29 is 4.74 Å². The largest absolute Gasteiger partial charge is 0.497 e. The fourth-order valence-electron chi connectivity index (χ4n) is 2.99. The minimum Gasteiger partial charge on any atom is -0.497 e. The number of rotatable bonds is 7. The minimum absolute atomic E-state index is 0.337. The Morgan fingerprint density at radius 2 is 1.86 bits per heavy atom. The lowest BCUT2D eigenvalue weighted by molar-refractivity contribution is 0.415. The smallest absolute Gasteiger partial charge is 0.332 e. The van der Waals surface area contributed by atoms with Gasteiger partial charge in [0.05, 0.1) is 13.3 Å². The van der Waals surface area contributed by atoms with Gasteiger partial charge in [-0.15, -0.1) is 0 Å². The molecule has 0 bridgehead atoms. The number of benzene rings is 1. The Kier molecular flexibility index (Phi) is 5.86. The standard InChI is InChI=1S/C20H26N6O3/c1-13(2)10-11-26-16-17(24(3)20(28)25(4)18(16)27)22-19(26)23-21-12-14-6-8-15(29-5)9-7-14/h6-9,12-13H,10-11H2,1-5H3,(H,22,23). The van der Waals surface area contributed by atoms with E-state index in [0.717, 1.165) is 22.3 Å². The molecule has 0 fully saturated rings. The number of nitrogens with one attached hydrogen (secondary N) is 1. The van der Waals surface area contributed by atoms with Gasteiger partial charge in [-0.1, -0.05) is 13.8 Å². The third-order valence-corrected chi connectivity index (χ3v) is 4.77. The molecule has 2 heterocycles. The first kappa shape index (κ1) is 20.4. The maximum absolute atomic E-state index is 12.7. The second-order valence-corrected chi connectivity index (χ2v) is 7.29. The van der Waals surface area contributed by atoms with Crippen LogP contribution in [0.25, 0.3) is 11.2 Å². The molecule has 9 heteroatoms. The molecular weight excluding hydrogens is 372 g/mol. The molecule has 0 saturated heterocycles. The zero-order valence-electron chi connectivity index (χ0n) is 17.3. The van der Waals surface area contributed by atoms with Gasteiger partial charge in [0, 0.05) is 20.6 Å². The van der Waals surface area contributed by atoms with Gasteiger partial charge < -0.3 is 9.30 Å². The number of hydrogen-bond donors (Lipinski definition) is 1. The van der Waals surface area contributed by atoms with Crippen molar-refractivity contribution in [2.45, 2.75) is 26.8 Å². The molecule has 0 spiro atoms. The number of methoxy groups -OCH3 is 1. The van der Waals surface area contributed by atoms with Gasteiger partial charge in [-0.05, 0) is 42.2 Å². The minimum atomic E-state index is -0.413. The molecule has 0 saturated carbocycles. The molecular formula is C20H26N6O3. The highest BCUT2D eigenvalue weighted by atomic mass is 16.5. The highest BCUT2D eigenvalue weighted by molar-refractivity contribution is 5.80. The summed E-state index contributed by atoms with van der Waals surface area (Å²) >= 11 is 0. The number of hydrazone groups is 1. The molecule has 2 aromatic heterocycles. The lowest BCUT2D eigenvalue weighted by Crippen LogP contribution is -2.37. The number of nitrogens with zero attached hydrogens (tertiary/aromatic N) is 5. The molecule has 29 heavy (non-hydrogen) atoms. The second-order valence-electron chi connectivity index (χ2n) is 7.29. The molecule has 0 unspecified atom stereocenters. The van der Waals surface area contributed by atoms with Crippen LogP contribution in [0, 0.1) is 5.92 Å². The van der Waals surface area contributed by atoms with Gasteiger partial charge in [0.2, 0.25) is 5.95 Å². The molecule has 0 amide bonds. The molecule has 0 aliphatic rings. The Balaban J connectivity index is 2.01. The van der Waals surface area contributed by atoms with Crippen LogP contribution < -0.4 is 21.4 Å². The van der Waals surface area contributed by atoms with Crippen molar-refractivity contribution >= 4 is 23.3 Å². The van der Waals surface area contributed by atoms with Crippen LogP contribution in [-0.4, -0.2) is 32.0 Å². The predicted molar refractivity (Wildman–Crippen MR) is 114 cm³/mol. The van der Waals surface area contributed by atoms with E-state index in [9.17, 15) is 9.59 Å². The molecule has 154 valence electrons. The van der Waals surface area contributed by atoms with E-state index in [-0.39, 0.29) is 5.56 Å². The Labute approximate surface area is 168 Å². The Morgan fingerprint density at radius 1 is 1.17 bits per heavy atom. The fraction of sp³-hybridized carbons (Fsp3) is 0.400. The van der Waals surface area contributed by atoms with Crippen LogP contribution in [0.5, 0.6) is 5.75 Å². The summed E-state index contributed by atoms with van der Waals surface area (Å²) in [5.74, 6) is 1.63. The van der Waals surface area contributed by atoms with E-state index in [1.807, 2.05) is 24.3 Å². The van der Waals surface area contributed by atoms with Crippen molar-refractivity contribution in [2.75, 3.05) is 12.5 Å². The summed E-state index contributed by atoms with van der Waals surface area (Å²) in [6.45, 7) is 4.81. The van der Waals surface area contributed by atoms with Crippen LogP contribution in [0.15, 0.2) is 39.0 Å². The summed E-state index contributed by atoms with van der Waals surface area (Å²) in [4.78, 5) is 29.5. The van der Waals surface area contributed by atoms with E-state index in [0.29, 0.717) is 29.6 Å². The lowest BCUT2D eigenvalue weighted by Gasteiger charge is -2.10. The third-order valence-electron chi connectivity index (χ3n) is 4.77. The zero-order valence-corrected chi connectivity index (χ0v) is 17.3. The fourth-order valence-corrected chi connectivity index (χ4v) is 2.99. The number of imidazole rings is 1. The first-order valence-electron chi connectivity index (χ1n) is 9.42. The maximum Gasteiger partial charge on any atom is 0.332 e. The summed E-state index contributed by atoms with van der Waals surface area (Å²) < 4.78 is 9.41. The average Bonchev–Trinajstić information content (AvgIpc) is 3.08. The van der Waals surface area contributed by atoms with Crippen LogP contribution in [0.1, 0.15) is 25.8 Å². The van der Waals surface area contributed by atoms with E-state index in [4.69, 9.17) is 4.74 Å². The van der Waals surface area contributed by atoms with E-state index < -0.39 is 5.69 Å². The molecule has 0 radical (unpaired) electrons. The molecule has 0 aliphatic heterocycles. The van der Waals surface area contributed by atoms with Crippen LogP contribution in [-0.2, 0) is 20.6 Å². The van der Waals surface area contributed by atoms with Crippen molar-refractivity contribution in [1.29, 1.82) is 0 Å². The first-order chi connectivity index (χ1) is 13.8. The van der Waals surface area contributed by atoms with Crippen molar-refractivity contribution in [1.82, 2.24) is 18.7 Å². The molecule has 1 N–H and O–H groups in total. The van der Waals surface area contributed by atoms with Gasteiger partial charge in [0.1, 0.15) is 5.75 Å². The number of fused-ring (bicyclic) bond motifs is 1. The molecule has 0 atom stereocenters. The van der Waals surface area contributed by atoms with Crippen LogP contribution in [0.3, 0.4) is 0 Å². The summed E-state index contributed by atoms with van der Waals surface area (Å²) in [5, 5.41) is 4.26. The number of ether oxygens (including phenoxy) is 1. The number of hydrogen-bond acceptors (Lipinski definition) is 6. The lowest BCUT2D eigenvalue weighted by atomic mass is 10.1. The van der Waals surface area contributed by atoms with Gasteiger partial charge in [0.15, 0.2) is 11.2 Å². The van der Waals surface area contributed by atoms with Crippen molar-refractivity contribution in [3.8, 4) is 5.75 Å². The van der Waals surface area contributed by atoms with E-state index >= 15 is 0 Å². The second kappa shape index (κ2) is 8.34. The maximum atomic E-state index is 12.7. The molecule has 9 nitrogen and oxygen atoms in total. The topological polar surface area (TPSA) is 95.4 Å². The van der Waals surface area contributed by atoms with Crippen molar-refractivity contribution in [3.05, 3.63) is 50.7 Å². The Morgan fingerprint density at radius 3 is 2.48 bits per heavy atom. The number of aryl methyl sites for hydroxylation is 2. The monoisotopic (exact) mass is 398 g/mol. The SMILES string of the molecule is COc1ccc(C=NNc2nc3c(c(=O)n(C)c(=O)n3C)n2CCC(C)C)cc1. The molecule has 3 rings (SSSR count). The first-order valence-corrected chi connectivity index (χ1v) is 9.42. The third kappa shape index (κ3) is 4.08. The van der Waals surface area contributed by atoms with Gasteiger partial charge in [-0.2, -0.15) is 10.1 Å². The van der Waals surface area contributed by atoms with Gasteiger partial charge in [-0.3, -0.25) is 13.9 Å². The summed E-state index contributed by atoms with van der Waals surface area (Å²) in [6.07, 6.45) is 2.51. The van der Waals surface area contributed by atoms with Crippen molar-refractivity contribution in [3.63, 3.8) is 0 Å². The van der Waals surface area contributed by atoms with Crippen LogP contribution >= 0.6 is 0 Å². The number of anilines is 1. The van der Waals surface area contributed by atoms with Gasteiger partial charge in [-0.25, -0.2) is 10.2 Å². The normalized spacial score (nSPS) is 11.7. The van der Waals surface area contributed by atoms with Gasteiger partial charge >= 0.3 is 5.69 Å². The predicted octanol–water partition coefficient (Wildman–Crippen LogP) is 1.93. The molecule has 0 aliphatic carbocycles. The Bertz CT molecular complexity index is 1150. The molecule has 1 aromatic carbocycles. The van der Waals surface area contributed by atoms with Crippen LogP contribution in [0.4, 0.5) is 5.95 Å². The highest BCUT2D eigenvalue weighted by Crippen LogP contribution is 2.18. The summed E-state index contributed by atoms with van der Waals surface area (Å²) in [6, 6.07) is 7.45. The van der Waals surface area contributed by atoms with E-state index in [2.05, 4.69) is 29.4 Å². The Hall–Kier alpha value is -3.36. The quantitative estimate of drug-likeness (QED) is 0.485. The van der Waals surface area contributed by atoms with Gasteiger partial charge in [0.25, 0.3) is 5.56 Å². The average molecular weight is 398 g/mol. The van der Waals surface area contributed by atoms with E-state index in [1.54, 1.807) is 24.9 Å². The zero-order chi connectivity index (χ0) is 21.1. The summed E-state index contributed by atoms with van der Waals surface area (Å²) in [5.41, 5.74) is 3.75. The molecule has 3 aromatic rings. The highest BCUT2D eigenvalue weighted by Gasteiger charge is 2.19. The van der Waals surface area contributed by atoms with Crippen molar-refractivity contribution in [2.24, 2.45) is 25.1 Å². The van der Waals surface area contributed by atoms with Crippen LogP contribution in [0.2, 0.25) is 0 Å². The summed E-state index contributed by atoms with van der Waals surface area (Å²) in [7, 11) is 4.69.